The molecule has 7 heteroatoms. The van der Waals surface area contributed by atoms with Gasteiger partial charge in [0, 0.05) is 12.1 Å². The number of likely N-dealkylation sites (N-methyl/N-ethyl adjacent to an activating group) is 1. The molecule has 0 amide bonds. The van der Waals surface area contributed by atoms with Crippen molar-refractivity contribution in [2.75, 3.05) is 20.6 Å². The normalized spacial score (nSPS) is 11.1. The molecule has 21 heavy (non-hydrogen) atoms. The van der Waals surface area contributed by atoms with Crippen LogP contribution in [-0.4, -0.2) is 41.1 Å². The Bertz CT molecular complexity index is 672. The maximum atomic E-state index is 13.6. The quantitative estimate of drug-likeness (QED) is 0.754. The summed E-state index contributed by atoms with van der Waals surface area (Å²) in [7, 11) is 3.85. The number of benzene rings is 1. The van der Waals surface area contributed by atoms with E-state index in [1.165, 1.54) is 18.3 Å². The Hall–Kier alpha value is -1.24. The fraction of sp³-hybridized carbons (Fsp3) is 0.286. The first-order valence-corrected chi connectivity index (χ1v) is 7.43. The maximum Gasteiger partial charge on any atom is 0.212 e. The van der Waals surface area contributed by atoms with E-state index in [1.807, 2.05) is 19.0 Å². The summed E-state index contributed by atoms with van der Waals surface area (Å²) in [5, 5.41) is 4.37. The Morgan fingerprint density at radius 1 is 1.48 bits per heavy atom. The van der Waals surface area contributed by atoms with Crippen molar-refractivity contribution in [1.82, 2.24) is 14.7 Å². The van der Waals surface area contributed by atoms with Crippen molar-refractivity contribution in [3.8, 4) is 0 Å². The standard InChI is InChI=1S/C14H14BrClFN3O/c1-19(2)5-6-20-13(11(16)8-18-20)14(21)9-3-4-10(15)12(17)7-9/h3-4,7-8H,5-6H2,1-2H3. The second-order valence-electron chi connectivity index (χ2n) is 4.83. The lowest BCUT2D eigenvalue weighted by molar-refractivity contribution is 0.102. The first-order valence-electron chi connectivity index (χ1n) is 6.26. The van der Waals surface area contributed by atoms with Crippen LogP contribution in [0.15, 0.2) is 28.9 Å². The molecule has 2 aromatic rings. The van der Waals surface area contributed by atoms with Gasteiger partial charge in [-0.1, -0.05) is 11.6 Å². The van der Waals surface area contributed by atoms with Crippen molar-refractivity contribution in [3.63, 3.8) is 0 Å². The molecule has 2 rings (SSSR count). The number of ketones is 1. The van der Waals surface area contributed by atoms with Gasteiger partial charge in [0.1, 0.15) is 11.5 Å². The molecule has 0 bridgehead atoms. The van der Waals surface area contributed by atoms with Gasteiger partial charge in [-0.2, -0.15) is 5.10 Å². The number of nitrogens with zero attached hydrogens (tertiary/aromatic N) is 3. The Morgan fingerprint density at radius 2 is 2.19 bits per heavy atom. The molecule has 0 N–H and O–H groups in total. The van der Waals surface area contributed by atoms with Crippen molar-refractivity contribution in [1.29, 1.82) is 0 Å². The summed E-state index contributed by atoms with van der Waals surface area (Å²) in [5.74, 6) is -0.834. The van der Waals surface area contributed by atoms with Crippen molar-refractivity contribution in [2.45, 2.75) is 6.54 Å². The predicted molar refractivity (Wildman–Crippen MR) is 83.3 cm³/mol. The zero-order valence-electron chi connectivity index (χ0n) is 11.6. The minimum Gasteiger partial charge on any atom is -0.308 e. The topological polar surface area (TPSA) is 38.1 Å². The fourth-order valence-corrected chi connectivity index (χ4v) is 2.30. The molecule has 112 valence electrons. The van der Waals surface area contributed by atoms with Crippen LogP contribution in [0.3, 0.4) is 0 Å². The summed E-state index contributed by atoms with van der Waals surface area (Å²) in [5.41, 5.74) is 0.518. The van der Waals surface area contributed by atoms with E-state index >= 15 is 0 Å². The summed E-state index contributed by atoms with van der Waals surface area (Å²) in [6, 6.07) is 4.23. The molecular formula is C14H14BrClFN3O. The van der Waals surface area contributed by atoms with Crippen LogP contribution in [0.1, 0.15) is 16.1 Å². The van der Waals surface area contributed by atoms with Crippen LogP contribution < -0.4 is 0 Å². The summed E-state index contributed by atoms with van der Waals surface area (Å²) >= 11 is 9.12. The van der Waals surface area contributed by atoms with Crippen molar-refractivity contribution >= 4 is 33.3 Å². The van der Waals surface area contributed by atoms with Crippen LogP contribution in [0.5, 0.6) is 0 Å². The van der Waals surface area contributed by atoms with Gasteiger partial charge in [-0.15, -0.1) is 0 Å². The van der Waals surface area contributed by atoms with E-state index in [1.54, 1.807) is 10.7 Å². The monoisotopic (exact) mass is 373 g/mol. The van der Waals surface area contributed by atoms with E-state index in [0.29, 0.717) is 17.6 Å². The first kappa shape index (κ1) is 16.1. The Kier molecular flexibility index (Phi) is 5.13. The van der Waals surface area contributed by atoms with Crippen LogP contribution >= 0.6 is 27.5 Å². The van der Waals surface area contributed by atoms with Gasteiger partial charge in [0.05, 0.1) is 22.2 Å². The van der Waals surface area contributed by atoms with Crippen LogP contribution in [0.4, 0.5) is 4.39 Å². The molecule has 0 aliphatic rings. The highest BCUT2D eigenvalue weighted by atomic mass is 79.9. The number of rotatable bonds is 5. The van der Waals surface area contributed by atoms with Crippen LogP contribution in [0.25, 0.3) is 0 Å². The Balaban J connectivity index is 2.34. The summed E-state index contributed by atoms with van der Waals surface area (Å²) in [6.45, 7) is 1.24. The molecule has 4 nitrogen and oxygen atoms in total. The second kappa shape index (κ2) is 6.68. The highest BCUT2D eigenvalue weighted by molar-refractivity contribution is 9.10. The zero-order chi connectivity index (χ0) is 15.6. The van der Waals surface area contributed by atoms with E-state index in [9.17, 15) is 9.18 Å². The Morgan fingerprint density at radius 3 is 2.81 bits per heavy atom. The SMILES string of the molecule is CN(C)CCn1ncc(Cl)c1C(=O)c1ccc(Br)c(F)c1. The highest BCUT2D eigenvalue weighted by Gasteiger charge is 2.20. The Labute approximate surface area is 135 Å². The lowest BCUT2D eigenvalue weighted by Gasteiger charge is -2.12. The molecule has 0 saturated heterocycles. The molecule has 0 spiro atoms. The second-order valence-corrected chi connectivity index (χ2v) is 6.09. The number of aromatic nitrogens is 2. The lowest BCUT2D eigenvalue weighted by atomic mass is 10.1. The molecule has 1 heterocycles. The number of hydrogen-bond donors (Lipinski definition) is 0. The average Bonchev–Trinajstić information content (AvgIpc) is 2.80. The van der Waals surface area contributed by atoms with Gasteiger partial charge in [0.2, 0.25) is 5.78 Å². The third kappa shape index (κ3) is 3.70. The van der Waals surface area contributed by atoms with Crippen LogP contribution in [-0.2, 0) is 6.54 Å². The maximum absolute atomic E-state index is 13.6. The minimum absolute atomic E-state index is 0.240. The third-order valence-corrected chi connectivity index (χ3v) is 3.87. The van der Waals surface area contributed by atoms with Crippen molar-refractivity contribution < 1.29 is 9.18 Å². The van der Waals surface area contributed by atoms with Crippen molar-refractivity contribution in [2.24, 2.45) is 0 Å². The molecule has 0 unspecified atom stereocenters. The zero-order valence-corrected chi connectivity index (χ0v) is 13.9. The smallest absolute Gasteiger partial charge is 0.212 e. The van der Waals surface area contributed by atoms with Gasteiger partial charge in [-0.3, -0.25) is 9.48 Å². The van der Waals surface area contributed by atoms with E-state index in [0.717, 1.165) is 0 Å². The first-order chi connectivity index (χ1) is 9.90. The molecule has 0 atom stereocenters. The number of halogens is 3. The molecule has 0 fully saturated rings. The summed E-state index contributed by atoms with van der Waals surface area (Å²) in [6.07, 6.45) is 1.43. The van der Waals surface area contributed by atoms with Crippen LogP contribution in [0, 0.1) is 5.82 Å². The van der Waals surface area contributed by atoms with E-state index in [4.69, 9.17) is 11.6 Å². The molecule has 0 radical (unpaired) electrons. The predicted octanol–water partition coefficient (Wildman–Crippen LogP) is 3.23. The van der Waals surface area contributed by atoms with Gasteiger partial charge in [0.25, 0.3) is 0 Å². The highest BCUT2D eigenvalue weighted by Crippen LogP contribution is 2.22. The summed E-state index contributed by atoms with van der Waals surface area (Å²) < 4.78 is 15.4. The molecular weight excluding hydrogens is 361 g/mol. The molecule has 0 aliphatic carbocycles. The van der Waals surface area contributed by atoms with E-state index < -0.39 is 5.82 Å². The third-order valence-electron chi connectivity index (χ3n) is 2.95. The van der Waals surface area contributed by atoms with Crippen molar-refractivity contribution in [3.05, 3.63) is 51.0 Å². The molecule has 0 saturated carbocycles. The van der Waals surface area contributed by atoms with E-state index in [-0.39, 0.29) is 22.1 Å². The molecule has 1 aromatic carbocycles. The van der Waals surface area contributed by atoms with Gasteiger partial charge >= 0.3 is 0 Å². The largest absolute Gasteiger partial charge is 0.308 e. The molecule has 0 aliphatic heterocycles. The number of carbonyl (C=O) groups is 1. The number of hydrogen-bond acceptors (Lipinski definition) is 3. The van der Waals surface area contributed by atoms with Gasteiger partial charge in [-0.05, 0) is 48.2 Å². The van der Waals surface area contributed by atoms with E-state index in [2.05, 4.69) is 21.0 Å². The van der Waals surface area contributed by atoms with Crippen LogP contribution in [0.2, 0.25) is 5.02 Å². The lowest BCUT2D eigenvalue weighted by Crippen LogP contribution is -2.21. The van der Waals surface area contributed by atoms with Gasteiger partial charge in [-0.25, -0.2) is 4.39 Å². The van der Waals surface area contributed by atoms with Gasteiger partial charge < -0.3 is 4.90 Å². The average molecular weight is 375 g/mol. The minimum atomic E-state index is -0.490. The van der Waals surface area contributed by atoms with Gasteiger partial charge in [0.15, 0.2) is 0 Å². The molecule has 1 aromatic heterocycles. The number of carbonyl (C=O) groups excluding carboxylic acids is 1. The summed E-state index contributed by atoms with van der Waals surface area (Å²) in [4.78, 5) is 14.5. The fourth-order valence-electron chi connectivity index (χ4n) is 1.83.